The lowest BCUT2D eigenvalue weighted by Gasteiger charge is -2.40. The van der Waals surface area contributed by atoms with Gasteiger partial charge >= 0.3 is 0 Å². The highest BCUT2D eigenvalue weighted by Gasteiger charge is 2.30. The summed E-state index contributed by atoms with van der Waals surface area (Å²) in [7, 11) is 3.25. The number of halogens is 2. The van der Waals surface area contributed by atoms with Gasteiger partial charge in [0.1, 0.15) is 17.7 Å². The fourth-order valence-electron chi connectivity index (χ4n) is 5.99. The number of hydrogen-bond donors (Lipinski definition) is 3. The number of piperidine rings is 1. The van der Waals surface area contributed by atoms with Crippen LogP contribution in [0.15, 0.2) is 51.2 Å². The first-order valence-corrected chi connectivity index (χ1v) is 15.8. The molecule has 242 valence electrons. The van der Waals surface area contributed by atoms with E-state index in [0.29, 0.717) is 45.9 Å². The monoisotopic (exact) mass is 658 g/mol. The maximum Gasteiger partial charge on any atom is 0.258 e. The molecule has 0 saturated carbocycles. The number of aliphatic hydroxyl groups is 1. The molecule has 13 heteroatoms. The molecule has 2 fully saturated rings. The lowest BCUT2D eigenvalue weighted by Crippen LogP contribution is -2.48. The Morgan fingerprint density at radius 3 is 2.58 bits per heavy atom. The fourth-order valence-corrected chi connectivity index (χ4v) is 6.34. The summed E-state index contributed by atoms with van der Waals surface area (Å²) in [6.45, 7) is 9.35. The lowest BCUT2D eigenvalue weighted by atomic mass is 9.99. The topological polar surface area (TPSA) is 120 Å². The molecule has 2 aromatic rings. The standard InChI is InChI=1S/C32H40Cl2N6O5/c1-19(33)30(45-26-7-5-6-20-18-39(3)31(42)28(20)26)38-32(35-2)37-25-17-24(34)23(16-27(25)43-4)29(41)36-21-8-12-40(13-9-21)22-10-14-44-15-11-22/h5-7,16-17,21-22,29,36,41H,2,8-15,18H2,1,3-4H3,(H,37,38)/b30-19-. The van der Waals surface area contributed by atoms with E-state index in [1.54, 1.807) is 37.1 Å². The average Bonchev–Trinajstić information content (AvgIpc) is 3.34. The maximum absolute atomic E-state index is 12.7. The van der Waals surface area contributed by atoms with Gasteiger partial charge < -0.3 is 34.4 Å². The van der Waals surface area contributed by atoms with E-state index in [-0.39, 0.29) is 28.8 Å². The first-order chi connectivity index (χ1) is 21.7. The average molecular weight is 660 g/mol. The van der Waals surface area contributed by atoms with E-state index in [2.05, 4.69) is 32.2 Å². The number of methoxy groups -OCH3 is 1. The Morgan fingerprint density at radius 2 is 1.91 bits per heavy atom. The number of aliphatic hydroxyl groups excluding tert-OH is 1. The van der Waals surface area contributed by atoms with Crippen molar-refractivity contribution in [3.05, 3.63) is 63.0 Å². The predicted octanol–water partition coefficient (Wildman–Crippen LogP) is 5.13. The van der Waals surface area contributed by atoms with Crippen molar-refractivity contribution < 1.29 is 24.1 Å². The van der Waals surface area contributed by atoms with Crippen molar-refractivity contribution in [2.45, 2.75) is 57.5 Å². The molecule has 3 heterocycles. The van der Waals surface area contributed by atoms with Crippen LogP contribution in [0, 0.1) is 0 Å². The number of ether oxygens (including phenoxy) is 3. The molecule has 3 aliphatic rings. The molecule has 0 spiro atoms. The van der Waals surface area contributed by atoms with Gasteiger partial charge in [0.15, 0.2) is 0 Å². The van der Waals surface area contributed by atoms with Crippen molar-refractivity contribution in [3.8, 4) is 11.5 Å². The van der Waals surface area contributed by atoms with Crippen LogP contribution in [0.3, 0.4) is 0 Å². The van der Waals surface area contributed by atoms with E-state index in [0.717, 1.165) is 57.6 Å². The van der Waals surface area contributed by atoms with E-state index < -0.39 is 6.23 Å². The summed E-state index contributed by atoms with van der Waals surface area (Å²) >= 11 is 13.0. The molecule has 0 aliphatic carbocycles. The normalized spacial score (nSPS) is 19.6. The van der Waals surface area contributed by atoms with Gasteiger partial charge in [-0.3, -0.25) is 10.1 Å². The van der Waals surface area contributed by atoms with E-state index in [4.69, 9.17) is 37.4 Å². The van der Waals surface area contributed by atoms with Gasteiger partial charge in [0.05, 0.1) is 28.4 Å². The highest BCUT2D eigenvalue weighted by molar-refractivity contribution is 6.32. The zero-order valence-corrected chi connectivity index (χ0v) is 27.3. The number of carbonyl (C=O) groups is 1. The number of fused-ring (bicyclic) bond motifs is 1. The number of amides is 1. The van der Waals surface area contributed by atoms with Crippen LogP contribution >= 0.6 is 23.2 Å². The third-order valence-electron chi connectivity index (χ3n) is 8.43. The number of guanidine groups is 1. The minimum absolute atomic E-state index is 0.0338. The zero-order chi connectivity index (χ0) is 32.1. The van der Waals surface area contributed by atoms with Crippen molar-refractivity contribution in [2.75, 3.05) is 45.8 Å². The molecule has 2 saturated heterocycles. The number of nitrogens with one attached hydrogen (secondary N) is 2. The summed E-state index contributed by atoms with van der Waals surface area (Å²) < 4.78 is 17.2. The Labute approximate surface area is 273 Å². The largest absolute Gasteiger partial charge is 0.495 e. The Kier molecular flexibility index (Phi) is 11.0. The number of likely N-dealkylation sites (tertiary alicyclic amines) is 1. The summed E-state index contributed by atoms with van der Waals surface area (Å²) in [6, 6.07) is 9.43. The third-order valence-corrected chi connectivity index (χ3v) is 8.92. The van der Waals surface area contributed by atoms with Gasteiger partial charge in [-0.05, 0) is 76.2 Å². The summed E-state index contributed by atoms with van der Waals surface area (Å²) in [4.78, 5) is 25.3. The van der Waals surface area contributed by atoms with Crippen LogP contribution in [0.4, 0.5) is 5.69 Å². The molecule has 0 bridgehead atoms. The number of rotatable bonds is 9. The van der Waals surface area contributed by atoms with E-state index >= 15 is 0 Å². The fraction of sp³-hybridized carbons (Fsp3) is 0.469. The third kappa shape index (κ3) is 7.79. The van der Waals surface area contributed by atoms with Gasteiger partial charge in [-0.15, -0.1) is 0 Å². The lowest BCUT2D eigenvalue weighted by molar-refractivity contribution is 0.0191. The van der Waals surface area contributed by atoms with Crippen LogP contribution in [0.2, 0.25) is 5.02 Å². The Bertz CT molecular complexity index is 1470. The van der Waals surface area contributed by atoms with Crippen molar-refractivity contribution >= 4 is 47.5 Å². The quantitative estimate of drug-likeness (QED) is 0.147. The molecule has 3 aliphatic heterocycles. The summed E-state index contributed by atoms with van der Waals surface area (Å²) in [5, 5.41) is 18.1. The molecule has 3 N–H and O–H groups in total. The van der Waals surface area contributed by atoms with E-state index in [9.17, 15) is 9.90 Å². The van der Waals surface area contributed by atoms with E-state index in [1.165, 1.54) is 7.11 Å². The summed E-state index contributed by atoms with van der Waals surface area (Å²) in [6.07, 6.45) is 3.04. The molecular formula is C32H40Cl2N6O5. The number of anilines is 1. The van der Waals surface area contributed by atoms with Crippen LogP contribution in [0.25, 0.3) is 0 Å². The number of allylic oxidation sites excluding steroid dienone is 1. The van der Waals surface area contributed by atoms with Crippen LogP contribution in [0.5, 0.6) is 11.5 Å². The second kappa shape index (κ2) is 14.9. The molecule has 1 unspecified atom stereocenters. The van der Waals surface area contributed by atoms with E-state index in [1.807, 2.05) is 12.1 Å². The smallest absolute Gasteiger partial charge is 0.258 e. The maximum atomic E-state index is 12.7. The number of carbonyl (C=O) groups excluding carboxylic acids is 1. The second-order valence-electron chi connectivity index (χ2n) is 11.4. The minimum atomic E-state index is -0.984. The van der Waals surface area contributed by atoms with Gasteiger partial charge in [0.2, 0.25) is 11.8 Å². The van der Waals surface area contributed by atoms with Crippen molar-refractivity contribution in [1.82, 2.24) is 15.1 Å². The van der Waals surface area contributed by atoms with Crippen molar-refractivity contribution in [1.29, 1.82) is 0 Å². The first-order valence-electron chi connectivity index (χ1n) is 15.1. The predicted molar refractivity (Wildman–Crippen MR) is 177 cm³/mol. The molecular weight excluding hydrogens is 619 g/mol. The van der Waals surface area contributed by atoms with Gasteiger partial charge in [-0.1, -0.05) is 35.3 Å². The van der Waals surface area contributed by atoms with Gasteiger partial charge in [-0.25, -0.2) is 4.99 Å². The Morgan fingerprint density at radius 1 is 1.18 bits per heavy atom. The molecule has 0 aromatic heterocycles. The van der Waals surface area contributed by atoms with Crippen molar-refractivity contribution in [2.24, 2.45) is 9.98 Å². The molecule has 0 radical (unpaired) electrons. The first kappa shape index (κ1) is 33.2. The Balaban J connectivity index is 1.27. The number of aliphatic imine (C=N–C) groups is 2. The highest BCUT2D eigenvalue weighted by Crippen LogP contribution is 2.35. The van der Waals surface area contributed by atoms with Gasteiger partial charge in [0.25, 0.3) is 5.91 Å². The van der Waals surface area contributed by atoms with Crippen LogP contribution in [-0.2, 0) is 11.3 Å². The van der Waals surface area contributed by atoms with Gasteiger partial charge in [-0.2, -0.15) is 4.99 Å². The molecule has 45 heavy (non-hydrogen) atoms. The molecule has 1 atom stereocenters. The SMILES string of the molecule is C=NC(=N/C(Oc1cccc2c1C(=O)N(C)C2)=C(\C)Cl)Nc1cc(Cl)c(C(O)NC2CCN(C3CCOCC3)CC2)cc1OC. The number of hydrogen-bond acceptors (Lipinski definition) is 8. The molecule has 1 amide bonds. The summed E-state index contributed by atoms with van der Waals surface area (Å²) in [5.74, 6) is 0.687. The molecule has 2 aromatic carbocycles. The van der Waals surface area contributed by atoms with Gasteiger partial charge in [0, 0.05) is 44.5 Å². The van der Waals surface area contributed by atoms with Crippen LogP contribution < -0.4 is 20.1 Å². The van der Waals surface area contributed by atoms with Crippen molar-refractivity contribution in [3.63, 3.8) is 0 Å². The molecule has 5 rings (SSSR count). The summed E-state index contributed by atoms with van der Waals surface area (Å²) in [5.41, 5.74) is 2.25. The Hall–Kier alpha value is -3.19. The number of benzene rings is 2. The van der Waals surface area contributed by atoms with Crippen LogP contribution in [0.1, 0.15) is 60.3 Å². The minimum Gasteiger partial charge on any atom is -0.495 e. The zero-order valence-electron chi connectivity index (χ0n) is 25.8. The molecule has 11 nitrogen and oxygen atoms in total. The van der Waals surface area contributed by atoms with Crippen LogP contribution in [-0.4, -0.2) is 86.0 Å². The highest BCUT2D eigenvalue weighted by atomic mass is 35.5. The number of nitrogens with zero attached hydrogens (tertiary/aromatic N) is 4. The second-order valence-corrected chi connectivity index (χ2v) is 12.4.